The normalized spacial score (nSPS) is 11.0. The van der Waals surface area contributed by atoms with E-state index in [2.05, 4.69) is 10.3 Å². The number of carbonyl (C=O) groups excluding carboxylic acids is 1. The number of pyridine rings is 1. The predicted molar refractivity (Wildman–Crippen MR) is 96.0 cm³/mol. The van der Waals surface area contributed by atoms with Crippen molar-refractivity contribution in [3.8, 4) is 5.75 Å². The summed E-state index contributed by atoms with van der Waals surface area (Å²) >= 11 is 1.50. The summed E-state index contributed by atoms with van der Waals surface area (Å²) in [6.45, 7) is 0. The maximum absolute atomic E-state index is 12.4. The van der Waals surface area contributed by atoms with Crippen molar-refractivity contribution in [2.75, 3.05) is 5.32 Å². The average molecular weight is 336 g/mol. The van der Waals surface area contributed by atoms with Gasteiger partial charge in [-0.2, -0.15) is 0 Å². The number of nitrogens with one attached hydrogen (secondary N) is 2. The number of para-hydroxylation sites is 2. The van der Waals surface area contributed by atoms with Crippen LogP contribution < -0.4 is 10.9 Å². The lowest BCUT2D eigenvalue weighted by molar-refractivity contribution is 0.102. The van der Waals surface area contributed by atoms with Crippen LogP contribution in [-0.2, 0) is 0 Å². The van der Waals surface area contributed by atoms with Crippen LogP contribution in [0.4, 0.5) is 5.69 Å². The molecule has 0 aliphatic carbocycles. The van der Waals surface area contributed by atoms with Crippen LogP contribution in [0.2, 0.25) is 0 Å². The summed E-state index contributed by atoms with van der Waals surface area (Å²) in [5.74, 6) is -0.356. The largest absolute Gasteiger partial charge is 0.506 e. The molecule has 0 aliphatic heterocycles. The lowest BCUT2D eigenvalue weighted by Gasteiger charge is -2.08. The molecule has 2 heterocycles. The molecule has 0 spiro atoms. The number of aromatic nitrogens is 1. The second-order valence-electron chi connectivity index (χ2n) is 5.35. The number of carbonyl (C=O) groups is 1. The van der Waals surface area contributed by atoms with Gasteiger partial charge in [0.25, 0.3) is 11.5 Å². The standard InChI is InChI=1S/C18H12N2O3S/c21-15-4-2-1-3-13(15)19-17(22)10-5-6-11-14(9-10)20-18(23)12-7-8-24-16(11)12/h1-9,21H,(H,19,22)(H,20,23). The summed E-state index contributed by atoms with van der Waals surface area (Å²) in [5, 5.41) is 15.8. The van der Waals surface area contributed by atoms with Crippen LogP contribution in [0.1, 0.15) is 10.4 Å². The van der Waals surface area contributed by atoms with Gasteiger partial charge in [0.15, 0.2) is 0 Å². The van der Waals surface area contributed by atoms with Gasteiger partial charge >= 0.3 is 0 Å². The second kappa shape index (κ2) is 5.50. The molecule has 0 saturated carbocycles. The molecule has 0 saturated heterocycles. The minimum absolute atomic E-state index is 0.000315. The van der Waals surface area contributed by atoms with Crippen molar-refractivity contribution in [2.45, 2.75) is 0 Å². The zero-order valence-corrected chi connectivity index (χ0v) is 13.2. The quantitative estimate of drug-likeness (QED) is 0.488. The van der Waals surface area contributed by atoms with Crippen molar-refractivity contribution >= 4 is 43.9 Å². The zero-order chi connectivity index (χ0) is 16.7. The first-order valence-corrected chi connectivity index (χ1v) is 8.14. The van der Waals surface area contributed by atoms with E-state index in [1.165, 1.54) is 17.4 Å². The Bertz CT molecular complexity index is 1140. The van der Waals surface area contributed by atoms with Gasteiger partial charge in [-0.1, -0.05) is 18.2 Å². The van der Waals surface area contributed by atoms with Gasteiger partial charge in [-0.05, 0) is 35.7 Å². The number of thiophene rings is 1. The first kappa shape index (κ1) is 14.5. The van der Waals surface area contributed by atoms with E-state index >= 15 is 0 Å². The van der Waals surface area contributed by atoms with Crippen LogP contribution in [-0.4, -0.2) is 16.0 Å². The second-order valence-corrected chi connectivity index (χ2v) is 6.27. The molecule has 0 bridgehead atoms. The Kier molecular flexibility index (Phi) is 3.32. The highest BCUT2D eigenvalue weighted by atomic mass is 32.1. The number of rotatable bonds is 2. The molecule has 4 aromatic rings. The van der Waals surface area contributed by atoms with Crippen molar-refractivity contribution in [3.63, 3.8) is 0 Å². The minimum Gasteiger partial charge on any atom is -0.506 e. The number of benzene rings is 2. The third kappa shape index (κ3) is 2.33. The molecule has 6 heteroatoms. The molecule has 0 atom stereocenters. The number of fused-ring (bicyclic) bond motifs is 3. The van der Waals surface area contributed by atoms with Crippen LogP contribution in [0.15, 0.2) is 58.7 Å². The van der Waals surface area contributed by atoms with Gasteiger partial charge in [-0.15, -0.1) is 11.3 Å². The Labute approximate surface area is 140 Å². The lowest BCUT2D eigenvalue weighted by Crippen LogP contribution is -2.12. The first-order chi connectivity index (χ1) is 11.6. The summed E-state index contributed by atoms with van der Waals surface area (Å²) < 4.78 is 0.904. The summed E-state index contributed by atoms with van der Waals surface area (Å²) in [5.41, 5.74) is 1.18. The molecule has 0 aliphatic rings. The average Bonchev–Trinajstić information content (AvgIpc) is 3.07. The molecule has 0 fully saturated rings. The molecule has 1 amide bonds. The molecular weight excluding hydrogens is 324 g/mol. The highest BCUT2D eigenvalue weighted by Crippen LogP contribution is 2.27. The Morgan fingerprint density at radius 2 is 1.92 bits per heavy atom. The Morgan fingerprint density at radius 3 is 2.75 bits per heavy atom. The molecule has 0 radical (unpaired) electrons. The summed E-state index contributed by atoms with van der Waals surface area (Å²) in [6.07, 6.45) is 0. The van der Waals surface area contributed by atoms with E-state index in [1.807, 2.05) is 11.4 Å². The molecule has 4 rings (SSSR count). The smallest absolute Gasteiger partial charge is 0.257 e. The number of anilines is 1. The van der Waals surface area contributed by atoms with Crippen LogP contribution in [0.3, 0.4) is 0 Å². The fourth-order valence-electron chi connectivity index (χ4n) is 2.65. The van der Waals surface area contributed by atoms with Gasteiger partial charge in [0, 0.05) is 15.6 Å². The van der Waals surface area contributed by atoms with E-state index in [0.29, 0.717) is 22.2 Å². The number of aromatic hydroxyl groups is 1. The molecule has 5 nitrogen and oxygen atoms in total. The SMILES string of the molecule is O=C(Nc1ccccc1O)c1ccc2c(c1)[nH]c(=O)c1ccsc12. The summed E-state index contributed by atoms with van der Waals surface area (Å²) in [6, 6.07) is 13.5. The van der Waals surface area contributed by atoms with E-state index in [1.54, 1.807) is 36.4 Å². The molecule has 3 N–H and O–H groups in total. The van der Waals surface area contributed by atoms with Gasteiger partial charge in [0.1, 0.15) is 5.75 Å². The maximum Gasteiger partial charge on any atom is 0.257 e. The minimum atomic E-state index is -0.356. The number of hydrogen-bond acceptors (Lipinski definition) is 4. The van der Waals surface area contributed by atoms with Gasteiger partial charge in [-0.25, -0.2) is 0 Å². The van der Waals surface area contributed by atoms with Crippen LogP contribution in [0.5, 0.6) is 5.75 Å². The first-order valence-electron chi connectivity index (χ1n) is 7.26. The fraction of sp³-hybridized carbons (Fsp3) is 0. The number of aromatic amines is 1. The van der Waals surface area contributed by atoms with Crippen molar-refractivity contribution < 1.29 is 9.90 Å². The zero-order valence-electron chi connectivity index (χ0n) is 12.4. The van der Waals surface area contributed by atoms with E-state index in [-0.39, 0.29) is 17.2 Å². The highest BCUT2D eigenvalue weighted by Gasteiger charge is 2.12. The van der Waals surface area contributed by atoms with Gasteiger partial charge < -0.3 is 15.4 Å². The number of amides is 1. The number of hydrogen-bond donors (Lipinski definition) is 3. The van der Waals surface area contributed by atoms with Gasteiger partial charge in [-0.3, -0.25) is 9.59 Å². The lowest BCUT2D eigenvalue weighted by atomic mass is 10.1. The monoisotopic (exact) mass is 336 g/mol. The molecular formula is C18H12N2O3S. The van der Waals surface area contributed by atoms with E-state index in [9.17, 15) is 14.7 Å². The van der Waals surface area contributed by atoms with Crippen molar-refractivity contribution in [3.05, 3.63) is 69.8 Å². The van der Waals surface area contributed by atoms with E-state index in [4.69, 9.17) is 0 Å². The molecule has 2 aromatic carbocycles. The highest BCUT2D eigenvalue weighted by molar-refractivity contribution is 7.18. The van der Waals surface area contributed by atoms with Crippen molar-refractivity contribution in [1.29, 1.82) is 0 Å². The Hall–Kier alpha value is -3.12. The summed E-state index contributed by atoms with van der Waals surface area (Å²) in [4.78, 5) is 27.3. The van der Waals surface area contributed by atoms with Crippen LogP contribution >= 0.6 is 11.3 Å². The van der Waals surface area contributed by atoms with Crippen LogP contribution in [0.25, 0.3) is 21.0 Å². The fourth-order valence-corrected chi connectivity index (χ4v) is 3.58. The number of H-pyrrole nitrogens is 1. The van der Waals surface area contributed by atoms with Gasteiger partial charge in [0.2, 0.25) is 0 Å². The molecule has 118 valence electrons. The van der Waals surface area contributed by atoms with Crippen LogP contribution in [0, 0.1) is 0 Å². The third-order valence-corrected chi connectivity index (χ3v) is 4.78. The summed E-state index contributed by atoms with van der Waals surface area (Å²) in [7, 11) is 0. The number of phenols is 1. The number of phenolic OH excluding ortho intramolecular Hbond substituents is 1. The maximum atomic E-state index is 12.4. The third-order valence-electron chi connectivity index (χ3n) is 3.84. The Balaban J connectivity index is 1.77. The Morgan fingerprint density at radius 1 is 1.08 bits per heavy atom. The van der Waals surface area contributed by atoms with E-state index < -0.39 is 0 Å². The molecule has 24 heavy (non-hydrogen) atoms. The van der Waals surface area contributed by atoms with Crippen molar-refractivity contribution in [2.24, 2.45) is 0 Å². The predicted octanol–water partition coefficient (Wildman–Crippen LogP) is 3.70. The topological polar surface area (TPSA) is 82.2 Å². The van der Waals surface area contributed by atoms with Gasteiger partial charge in [0.05, 0.1) is 16.6 Å². The molecule has 0 unspecified atom stereocenters. The molecule has 2 aromatic heterocycles. The van der Waals surface area contributed by atoms with Crippen molar-refractivity contribution in [1.82, 2.24) is 4.98 Å². The van der Waals surface area contributed by atoms with E-state index in [0.717, 1.165) is 10.1 Å².